The van der Waals surface area contributed by atoms with E-state index in [9.17, 15) is 9.90 Å². The van der Waals surface area contributed by atoms with Gasteiger partial charge in [0.25, 0.3) is 0 Å². The summed E-state index contributed by atoms with van der Waals surface area (Å²) in [6.07, 6.45) is 5.56. The van der Waals surface area contributed by atoms with Crippen molar-refractivity contribution in [1.29, 1.82) is 0 Å². The number of carboxylic acids is 1. The normalized spacial score (nSPS) is 20.4. The van der Waals surface area contributed by atoms with E-state index in [0.717, 1.165) is 27.7 Å². The second-order valence-electron chi connectivity index (χ2n) is 7.67. The van der Waals surface area contributed by atoms with Gasteiger partial charge in [-0.15, -0.1) is 0 Å². The van der Waals surface area contributed by atoms with Crippen LogP contribution in [-0.4, -0.2) is 26.3 Å². The summed E-state index contributed by atoms with van der Waals surface area (Å²) in [7, 11) is 0. The number of carboxylic acid groups (broad SMARTS) is 1. The number of rotatable bonds is 2. The van der Waals surface area contributed by atoms with Crippen LogP contribution in [0.5, 0.6) is 0 Å². The molecule has 1 fully saturated rings. The molecule has 0 amide bonds. The van der Waals surface area contributed by atoms with E-state index in [-0.39, 0.29) is 0 Å². The van der Waals surface area contributed by atoms with Gasteiger partial charge in [-0.2, -0.15) is 5.10 Å². The fraction of sp³-hybridized carbons (Fsp3) is 0.227. The van der Waals surface area contributed by atoms with Crippen LogP contribution in [-0.2, 0) is 0 Å². The predicted octanol–water partition coefficient (Wildman–Crippen LogP) is 4.84. The average Bonchev–Trinajstić information content (AvgIpc) is 3.43. The molecule has 2 heterocycles. The van der Waals surface area contributed by atoms with E-state index in [1.165, 1.54) is 35.8 Å². The van der Waals surface area contributed by atoms with Crippen LogP contribution in [0.2, 0.25) is 0 Å². The molecule has 4 aromatic rings. The summed E-state index contributed by atoms with van der Waals surface area (Å²) in [4.78, 5) is 16.2. The van der Waals surface area contributed by atoms with Crippen molar-refractivity contribution in [2.75, 3.05) is 0 Å². The number of carbonyl (C=O) groups is 1. The van der Waals surface area contributed by atoms with Crippen LogP contribution in [0, 0.1) is 0 Å². The molecular weight excluding hydrogens is 338 g/mol. The number of aromatic amines is 1. The van der Waals surface area contributed by atoms with Crippen molar-refractivity contribution in [2.45, 2.75) is 31.1 Å². The number of fused-ring (bicyclic) bond motifs is 9. The highest BCUT2D eigenvalue weighted by atomic mass is 16.4. The Morgan fingerprint density at radius 1 is 1.04 bits per heavy atom. The van der Waals surface area contributed by atoms with Crippen molar-refractivity contribution < 1.29 is 9.90 Å². The Hall–Kier alpha value is -3.21. The molecule has 2 N–H and O–H groups in total. The molecule has 2 atom stereocenters. The molecule has 0 saturated heterocycles. The molecule has 2 aromatic heterocycles. The molecule has 5 nitrogen and oxygen atoms in total. The average molecular weight is 355 g/mol. The number of hydrogen-bond acceptors (Lipinski definition) is 3. The molecule has 2 unspecified atom stereocenters. The number of benzene rings is 2. The summed E-state index contributed by atoms with van der Waals surface area (Å²) in [6, 6.07) is 11.2. The molecule has 0 radical (unpaired) electrons. The van der Waals surface area contributed by atoms with Crippen molar-refractivity contribution in [3.05, 3.63) is 59.3 Å². The molecule has 5 heteroatoms. The van der Waals surface area contributed by atoms with Gasteiger partial charge in [-0.3, -0.25) is 5.10 Å². The van der Waals surface area contributed by atoms with Crippen molar-refractivity contribution in [3.63, 3.8) is 0 Å². The Kier molecular flexibility index (Phi) is 2.85. The monoisotopic (exact) mass is 355 g/mol. The smallest absolute Gasteiger partial charge is 0.335 e. The minimum Gasteiger partial charge on any atom is -0.478 e. The van der Waals surface area contributed by atoms with E-state index in [2.05, 4.69) is 16.3 Å². The summed E-state index contributed by atoms with van der Waals surface area (Å²) < 4.78 is 0. The maximum absolute atomic E-state index is 11.2. The van der Waals surface area contributed by atoms with E-state index in [1.807, 2.05) is 24.4 Å². The fourth-order valence-electron chi connectivity index (χ4n) is 5.16. The van der Waals surface area contributed by atoms with E-state index in [0.29, 0.717) is 17.4 Å². The van der Waals surface area contributed by atoms with Crippen LogP contribution >= 0.6 is 0 Å². The number of H-pyrrole nitrogens is 1. The number of nitrogens with zero attached hydrogens (tertiary/aromatic N) is 2. The van der Waals surface area contributed by atoms with Crippen molar-refractivity contribution in [1.82, 2.24) is 15.2 Å². The van der Waals surface area contributed by atoms with Crippen molar-refractivity contribution in [3.8, 4) is 11.3 Å². The van der Waals surface area contributed by atoms with Gasteiger partial charge in [0.2, 0.25) is 0 Å². The molecule has 2 aliphatic carbocycles. The lowest BCUT2D eigenvalue weighted by molar-refractivity contribution is 0.0697. The first kappa shape index (κ1) is 14.9. The Labute approximate surface area is 155 Å². The van der Waals surface area contributed by atoms with Gasteiger partial charge in [0.15, 0.2) is 0 Å². The van der Waals surface area contributed by atoms with Crippen molar-refractivity contribution in [2.24, 2.45) is 0 Å². The molecule has 2 aliphatic rings. The molecule has 132 valence electrons. The van der Waals surface area contributed by atoms with Gasteiger partial charge >= 0.3 is 5.97 Å². The van der Waals surface area contributed by atoms with Crippen LogP contribution in [0.1, 0.15) is 52.6 Å². The second-order valence-corrected chi connectivity index (χ2v) is 7.67. The minimum atomic E-state index is -0.903. The molecule has 6 rings (SSSR count). The van der Waals surface area contributed by atoms with Crippen LogP contribution < -0.4 is 0 Å². The quantitative estimate of drug-likeness (QED) is 0.539. The Bertz CT molecular complexity index is 1240. The standard InChI is InChI=1S/C22H17N3O2/c26-22(27)12-3-1-11(2-4-12)21-19-14-6-5-13(9-14)18(19)20-15-10-23-25-16(15)7-8-17(20)24-21/h1-4,7-8,10,13-14H,5-6,9H2,(H,23,25)(H,26,27). The van der Waals surface area contributed by atoms with Gasteiger partial charge in [-0.1, -0.05) is 12.1 Å². The SMILES string of the molecule is O=C(O)c1ccc(-c2nc3ccc4[nH]ncc4c3c3c2C2CCC3C2)cc1. The van der Waals surface area contributed by atoms with E-state index >= 15 is 0 Å². The van der Waals surface area contributed by atoms with Crippen molar-refractivity contribution >= 4 is 27.8 Å². The third kappa shape index (κ3) is 1.97. The first-order chi connectivity index (χ1) is 13.2. The molecule has 2 bridgehead atoms. The van der Waals surface area contributed by atoms with Gasteiger partial charge in [-0.25, -0.2) is 9.78 Å². The zero-order valence-corrected chi connectivity index (χ0v) is 14.6. The van der Waals surface area contributed by atoms with Crippen LogP contribution in [0.3, 0.4) is 0 Å². The Morgan fingerprint density at radius 3 is 2.59 bits per heavy atom. The highest BCUT2D eigenvalue weighted by Gasteiger charge is 2.41. The molecule has 1 saturated carbocycles. The molecule has 2 aromatic carbocycles. The number of aromatic carboxylic acids is 1. The second kappa shape index (κ2) is 5.16. The number of aromatic nitrogens is 3. The molecule has 27 heavy (non-hydrogen) atoms. The van der Waals surface area contributed by atoms with Gasteiger partial charge in [0.05, 0.1) is 28.5 Å². The van der Waals surface area contributed by atoms with Crippen LogP contribution in [0.25, 0.3) is 33.1 Å². The maximum atomic E-state index is 11.2. The molecule has 0 aliphatic heterocycles. The summed E-state index contributed by atoms with van der Waals surface area (Å²) in [6.45, 7) is 0. The third-order valence-corrected chi connectivity index (χ3v) is 6.30. The lowest BCUT2D eigenvalue weighted by atomic mass is 9.85. The van der Waals surface area contributed by atoms with Crippen LogP contribution in [0.15, 0.2) is 42.6 Å². The Balaban J connectivity index is 1.68. The van der Waals surface area contributed by atoms with E-state index in [4.69, 9.17) is 4.98 Å². The largest absolute Gasteiger partial charge is 0.478 e. The number of nitrogens with one attached hydrogen (secondary N) is 1. The number of pyridine rings is 1. The lowest BCUT2D eigenvalue weighted by Crippen LogP contribution is -2.05. The first-order valence-corrected chi connectivity index (χ1v) is 9.34. The van der Waals surface area contributed by atoms with E-state index in [1.54, 1.807) is 12.1 Å². The summed E-state index contributed by atoms with van der Waals surface area (Å²) >= 11 is 0. The maximum Gasteiger partial charge on any atom is 0.335 e. The minimum absolute atomic E-state index is 0.304. The van der Waals surface area contributed by atoms with Gasteiger partial charge in [-0.05, 0) is 66.5 Å². The highest BCUT2D eigenvalue weighted by Crippen LogP contribution is 2.57. The number of hydrogen-bond donors (Lipinski definition) is 2. The lowest BCUT2D eigenvalue weighted by Gasteiger charge is -2.21. The van der Waals surface area contributed by atoms with E-state index < -0.39 is 5.97 Å². The predicted molar refractivity (Wildman–Crippen MR) is 103 cm³/mol. The molecule has 0 spiro atoms. The fourth-order valence-corrected chi connectivity index (χ4v) is 5.16. The van der Waals surface area contributed by atoms with Crippen LogP contribution in [0.4, 0.5) is 0 Å². The summed E-state index contributed by atoms with van der Waals surface area (Å²) in [5, 5.41) is 18.9. The first-order valence-electron chi connectivity index (χ1n) is 9.34. The topological polar surface area (TPSA) is 78.9 Å². The summed E-state index contributed by atoms with van der Waals surface area (Å²) in [5.74, 6) is 0.242. The van der Waals surface area contributed by atoms with Gasteiger partial charge in [0.1, 0.15) is 0 Å². The summed E-state index contributed by atoms with van der Waals surface area (Å²) in [5.41, 5.74) is 7.18. The zero-order valence-electron chi connectivity index (χ0n) is 14.6. The van der Waals surface area contributed by atoms with Gasteiger partial charge < -0.3 is 5.11 Å². The Morgan fingerprint density at radius 2 is 1.81 bits per heavy atom. The van der Waals surface area contributed by atoms with Gasteiger partial charge in [0, 0.05) is 16.3 Å². The zero-order chi connectivity index (χ0) is 18.1. The highest BCUT2D eigenvalue weighted by molar-refractivity contribution is 6.08. The molecular formula is C22H17N3O2. The third-order valence-electron chi connectivity index (χ3n) is 6.30.